The minimum absolute atomic E-state index is 0.370. The second-order valence-corrected chi connectivity index (χ2v) is 9.44. The zero-order valence-electron chi connectivity index (χ0n) is 18.4. The van der Waals surface area contributed by atoms with E-state index in [4.69, 9.17) is 27.8 Å². The van der Waals surface area contributed by atoms with Crippen LogP contribution in [-0.2, 0) is 38.3 Å². The molecule has 32 heavy (non-hydrogen) atoms. The van der Waals surface area contributed by atoms with Gasteiger partial charge in [0.15, 0.2) is 0 Å². The van der Waals surface area contributed by atoms with Crippen LogP contribution < -0.4 is 0 Å². The average Bonchev–Trinajstić information content (AvgIpc) is 3.57. The third kappa shape index (κ3) is 6.43. The summed E-state index contributed by atoms with van der Waals surface area (Å²) in [5.74, 6) is 3.88. The fourth-order valence-corrected chi connectivity index (χ4v) is 4.22. The second kappa shape index (κ2) is 9.29. The summed E-state index contributed by atoms with van der Waals surface area (Å²) in [7, 11) is 0. The van der Waals surface area contributed by atoms with Crippen LogP contribution in [0.15, 0.2) is 33.1 Å². The molecule has 6 rings (SSSR count). The standard InChI is InChI=1S/C24H32N2O6/c1-2-18(31-17(1)5-6-25(9-21-13-27-21)10-22-14-28-22)7-19-3-4-20(32-19)8-26(11-23-15-29-23)12-24-16-30-24/h1-4,21-24H,5-16H2. The molecule has 0 aliphatic carbocycles. The number of hydrogen-bond donors (Lipinski definition) is 0. The molecule has 0 aromatic carbocycles. The van der Waals surface area contributed by atoms with E-state index in [1.54, 1.807) is 0 Å². The highest BCUT2D eigenvalue weighted by atomic mass is 16.6. The summed E-state index contributed by atoms with van der Waals surface area (Å²) in [6, 6.07) is 8.29. The average molecular weight is 445 g/mol. The van der Waals surface area contributed by atoms with Crippen molar-refractivity contribution in [2.75, 3.05) is 59.2 Å². The molecular weight excluding hydrogens is 412 g/mol. The highest BCUT2D eigenvalue weighted by Crippen LogP contribution is 2.21. The van der Waals surface area contributed by atoms with Crippen molar-refractivity contribution < 1.29 is 27.8 Å². The van der Waals surface area contributed by atoms with Gasteiger partial charge in [0.05, 0.1) is 63.8 Å². The Bertz CT molecular complexity index is 853. The predicted octanol–water partition coefficient (Wildman–Crippen LogP) is 1.71. The summed E-state index contributed by atoms with van der Waals surface area (Å²) in [6.45, 7) is 9.11. The van der Waals surface area contributed by atoms with E-state index in [-0.39, 0.29) is 0 Å². The van der Waals surface area contributed by atoms with Gasteiger partial charge >= 0.3 is 0 Å². The quantitative estimate of drug-likeness (QED) is 0.384. The molecule has 4 aliphatic heterocycles. The summed E-state index contributed by atoms with van der Waals surface area (Å²) < 4.78 is 33.8. The molecule has 0 spiro atoms. The van der Waals surface area contributed by atoms with Crippen molar-refractivity contribution in [3.63, 3.8) is 0 Å². The van der Waals surface area contributed by atoms with Gasteiger partial charge in [-0.15, -0.1) is 0 Å². The first-order chi connectivity index (χ1) is 15.7. The highest BCUT2D eigenvalue weighted by molar-refractivity contribution is 5.16. The molecule has 0 bridgehead atoms. The fourth-order valence-electron chi connectivity index (χ4n) is 4.22. The molecule has 0 N–H and O–H groups in total. The van der Waals surface area contributed by atoms with Crippen LogP contribution in [0.3, 0.4) is 0 Å². The number of ether oxygens (including phenoxy) is 4. The molecule has 0 saturated carbocycles. The van der Waals surface area contributed by atoms with E-state index < -0.39 is 0 Å². The Morgan fingerprint density at radius 3 is 1.56 bits per heavy atom. The summed E-state index contributed by atoms with van der Waals surface area (Å²) in [4.78, 5) is 4.80. The lowest BCUT2D eigenvalue weighted by molar-refractivity contribution is 0.198. The van der Waals surface area contributed by atoms with Gasteiger partial charge in [-0.25, -0.2) is 0 Å². The lowest BCUT2D eigenvalue weighted by Crippen LogP contribution is -2.33. The van der Waals surface area contributed by atoms with Crippen LogP contribution in [0.25, 0.3) is 0 Å². The lowest BCUT2D eigenvalue weighted by atomic mass is 10.2. The second-order valence-electron chi connectivity index (χ2n) is 9.44. The van der Waals surface area contributed by atoms with Gasteiger partial charge in [-0.1, -0.05) is 0 Å². The molecule has 2 aromatic heterocycles. The van der Waals surface area contributed by atoms with Gasteiger partial charge < -0.3 is 27.8 Å². The van der Waals surface area contributed by atoms with Crippen LogP contribution in [0.2, 0.25) is 0 Å². The van der Waals surface area contributed by atoms with Crippen LogP contribution in [0, 0.1) is 0 Å². The Morgan fingerprint density at radius 1 is 0.594 bits per heavy atom. The predicted molar refractivity (Wildman–Crippen MR) is 115 cm³/mol. The molecule has 174 valence electrons. The monoisotopic (exact) mass is 444 g/mol. The van der Waals surface area contributed by atoms with Gasteiger partial charge in [0, 0.05) is 39.1 Å². The molecular formula is C24H32N2O6. The molecule has 8 heteroatoms. The van der Waals surface area contributed by atoms with Crippen LogP contribution in [0.1, 0.15) is 23.0 Å². The largest absolute Gasteiger partial charge is 0.466 e. The third-order valence-electron chi connectivity index (χ3n) is 6.29. The molecule has 4 atom stereocenters. The zero-order chi connectivity index (χ0) is 21.3. The van der Waals surface area contributed by atoms with Crippen LogP contribution in [0.5, 0.6) is 0 Å². The minimum Gasteiger partial charge on any atom is -0.466 e. The number of furan rings is 2. The van der Waals surface area contributed by atoms with Crippen molar-refractivity contribution >= 4 is 0 Å². The van der Waals surface area contributed by atoms with Crippen molar-refractivity contribution in [1.29, 1.82) is 0 Å². The van der Waals surface area contributed by atoms with Gasteiger partial charge in [-0.05, 0) is 24.3 Å². The Balaban J connectivity index is 0.989. The van der Waals surface area contributed by atoms with Crippen molar-refractivity contribution in [3.05, 3.63) is 47.3 Å². The van der Waals surface area contributed by atoms with Crippen molar-refractivity contribution in [3.8, 4) is 0 Å². The molecule has 6 heterocycles. The molecule has 0 radical (unpaired) electrons. The van der Waals surface area contributed by atoms with E-state index in [1.165, 1.54) is 0 Å². The van der Waals surface area contributed by atoms with Crippen molar-refractivity contribution in [2.45, 2.75) is 43.8 Å². The van der Waals surface area contributed by atoms with E-state index in [0.717, 1.165) is 95.2 Å². The topological polar surface area (TPSA) is 82.9 Å². The third-order valence-corrected chi connectivity index (χ3v) is 6.29. The Hall–Kier alpha value is -1.68. The molecule has 4 aliphatic rings. The maximum atomic E-state index is 6.11. The Labute approximate surface area is 188 Å². The summed E-state index contributed by atoms with van der Waals surface area (Å²) in [6.07, 6.45) is 3.11. The van der Waals surface area contributed by atoms with E-state index in [0.29, 0.717) is 30.8 Å². The Morgan fingerprint density at radius 2 is 1.03 bits per heavy atom. The van der Waals surface area contributed by atoms with Crippen molar-refractivity contribution in [1.82, 2.24) is 9.80 Å². The molecule has 4 saturated heterocycles. The van der Waals surface area contributed by atoms with Gasteiger partial charge in [-0.2, -0.15) is 0 Å². The van der Waals surface area contributed by atoms with Gasteiger partial charge in [-0.3, -0.25) is 9.80 Å². The maximum absolute atomic E-state index is 6.11. The van der Waals surface area contributed by atoms with Crippen molar-refractivity contribution in [2.24, 2.45) is 0 Å². The zero-order valence-corrected chi connectivity index (χ0v) is 18.4. The van der Waals surface area contributed by atoms with Gasteiger partial charge in [0.25, 0.3) is 0 Å². The number of hydrogen-bond acceptors (Lipinski definition) is 8. The normalized spacial score (nSPS) is 27.9. The molecule has 2 aromatic rings. The lowest BCUT2D eigenvalue weighted by Gasteiger charge is -2.19. The minimum atomic E-state index is 0.370. The molecule has 4 unspecified atom stereocenters. The first-order valence-electron chi connectivity index (χ1n) is 11.8. The Kier molecular flexibility index (Phi) is 6.06. The van der Waals surface area contributed by atoms with Gasteiger partial charge in [0.2, 0.25) is 0 Å². The smallest absolute Gasteiger partial charge is 0.118 e. The maximum Gasteiger partial charge on any atom is 0.118 e. The molecule has 4 fully saturated rings. The SMILES string of the molecule is c1cc(Cc2ccc(CN(CC3CO3)CC3CO3)o2)oc1CCN(CC1CO1)CC1CO1. The van der Waals surface area contributed by atoms with E-state index in [1.807, 2.05) is 0 Å². The molecule has 8 nitrogen and oxygen atoms in total. The summed E-state index contributed by atoms with van der Waals surface area (Å²) in [5.41, 5.74) is 0. The summed E-state index contributed by atoms with van der Waals surface area (Å²) >= 11 is 0. The van der Waals surface area contributed by atoms with Crippen LogP contribution >= 0.6 is 0 Å². The van der Waals surface area contributed by atoms with Gasteiger partial charge in [0.1, 0.15) is 23.0 Å². The number of rotatable bonds is 15. The van der Waals surface area contributed by atoms with E-state index in [9.17, 15) is 0 Å². The summed E-state index contributed by atoms with van der Waals surface area (Å²) in [5, 5.41) is 0. The first kappa shape index (κ1) is 20.9. The number of nitrogens with zero attached hydrogens (tertiary/aromatic N) is 2. The van der Waals surface area contributed by atoms with Crippen LogP contribution in [0.4, 0.5) is 0 Å². The van der Waals surface area contributed by atoms with Crippen LogP contribution in [-0.4, -0.2) is 93.4 Å². The highest BCUT2D eigenvalue weighted by Gasteiger charge is 2.32. The first-order valence-corrected chi connectivity index (χ1v) is 11.8. The molecule has 0 amide bonds. The van der Waals surface area contributed by atoms with E-state index >= 15 is 0 Å². The fraction of sp³-hybridized carbons (Fsp3) is 0.667. The van der Waals surface area contributed by atoms with E-state index in [2.05, 4.69) is 34.1 Å². The number of epoxide rings is 4.